The Balaban J connectivity index is 1.57. The van der Waals surface area contributed by atoms with E-state index >= 15 is 0 Å². The van der Waals surface area contributed by atoms with Gasteiger partial charge in [0.05, 0.1) is 5.75 Å². The number of sulfonamides is 1. The van der Waals surface area contributed by atoms with E-state index < -0.39 is 15.8 Å². The zero-order valence-corrected chi connectivity index (χ0v) is 13.0. The maximum absolute atomic E-state index is 12.8. The van der Waals surface area contributed by atoms with E-state index in [1.165, 1.54) is 24.3 Å². The summed E-state index contributed by atoms with van der Waals surface area (Å²) >= 11 is 0. The third-order valence-corrected chi connectivity index (χ3v) is 4.63. The van der Waals surface area contributed by atoms with Gasteiger partial charge >= 0.3 is 0 Å². The number of nitrogens with one attached hydrogen (secondary N) is 1. The molecule has 0 unspecified atom stereocenters. The number of benzene rings is 2. The number of halogens is 1. The summed E-state index contributed by atoms with van der Waals surface area (Å²) in [5.74, 6) is -0.105. The Kier molecular flexibility index (Phi) is 4.40. The fraction of sp³-hybridized carbons (Fsp3) is 0.188. The summed E-state index contributed by atoms with van der Waals surface area (Å²) < 4.78 is 44.8. The number of oxazole rings is 1. The first-order chi connectivity index (χ1) is 11.0. The highest BCUT2D eigenvalue weighted by Gasteiger charge is 2.12. The summed E-state index contributed by atoms with van der Waals surface area (Å²) in [4.78, 5) is 4.28. The molecule has 0 aliphatic carbocycles. The van der Waals surface area contributed by atoms with E-state index in [1.807, 2.05) is 24.3 Å². The van der Waals surface area contributed by atoms with E-state index in [0.717, 1.165) is 5.52 Å². The summed E-state index contributed by atoms with van der Waals surface area (Å²) in [6.45, 7) is 0.191. The monoisotopic (exact) mass is 334 g/mol. The highest BCUT2D eigenvalue weighted by Crippen LogP contribution is 2.14. The molecule has 0 aliphatic rings. The van der Waals surface area contributed by atoms with Crippen molar-refractivity contribution in [3.8, 4) is 0 Å². The Hall–Kier alpha value is -2.25. The molecular formula is C16H15FN2O3S. The lowest BCUT2D eigenvalue weighted by Gasteiger charge is -2.05. The van der Waals surface area contributed by atoms with Crippen molar-refractivity contribution in [1.29, 1.82) is 0 Å². The van der Waals surface area contributed by atoms with Crippen molar-refractivity contribution >= 4 is 21.1 Å². The van der Waals surface area contributed by atoms with Crippen molar-refractivity contribution in [2.24, 2.45) is 0 Å². The van der Waals surface area contributed by atoms with Gasteiger partial charge in [-0.1, -0.05) is 24.3 Å². The molecule has 0 aliphatic heterocycles. The molecule has 1 heterocycles. The van der Waals surface area contributed by atoms with Crippen molar-refractivity contribution in [1.82, 2.24) is 9.71 Å². The standard InChI is InChI=1S/C16H15FN2O3S/c17-13-7-5-12(6-8-13)11-23(20,21)18-10-9-16-19-14-3-1-2-4-15(14)22-16/h1-8,18H,9-11H2. The van der Waals surface area contributed by atoms with Crippen molar-refractivity contribution < 1.29 is 17.2 Å². The van der Waals surface area contributed by atoms with Crippen molar-refractivity contribution in [2.75, 3.05) is 6.54 Å². The molecule has 7 heteroatoms. The van der Waals surface area contributed by atoms with Gasteiger partial charge in [-0.05, 0) is 29.8 Å². The molecule has 0 amide bonds. The van der Waals surface area contributed by atoms with Gasteiger partial charge in [-0.25, -0.2) is 22.5 Å². The maximum Gasteiger partial charge on any atom is 0.215 e. The molecule has 120 valence electrons. The van der Waals surface area contributed by atoms with Gasteiger partial charge in [0.1, 0.15) is 11.3 Å². The van der Waals surface area contributed by atoms with Crippen molar-refractivity contribution in [3.63, 3.8) is 0 Å². The van der Waals surface area contributed by atoms with Crippen LogP contribution in [-0.4, -0.2) is 19.9 Å². The number of rotatable bonds is 6. The lowest BCUT2D eigenvalue weighted by Crippen LogP contribution is -2.27. The zero-order valence-electron chi connectivity index (χ0n) is 12.2. The van der Waals surface area contributed by atoms with Crippen LogP contribution >= 0.6 is 0 Å². The number of aromatic nitrogens is 1. The Morgan fingerprint density at radius 1 is 1.09 bits per heavy atom. The van der Waals surface area contributed by atoms with E-state index in [2.05, 4.69) is 9.71 Å². The van der Waals surface area contributed by atoms with Crippen LogP contribution in [0.15, 0.2) is 52.9 Å². The smallest absolute Gasteiger partial charge is 0.215 e. The predicted octanol–water partition coefficient (Wildman–Crippen LogP) is 2.63. The van der Waals surface area contributed by atoms with Crippen molar-refractivity contribution in [3.05, 3.63) is 65.8 Å². The van der Waals surface area contributed by atoms with Gasteiger partial charge in [0.2, 0.25) is 10.0 Å². The Labute approximate surface area is 133 Å². The SMILES string of the molecule is O=S(=O)(Cc1ccc(F)cc1)NCCc1nc2ccccc2o1. The average molecular weight is 334 g/mol. The zero-order chi connectivity index (χ0) is 16.3. The van der Waals surface area contributed by atoms with Crippen LogP contribution < -0.4 is 4.72 Å². The van der Waals surface area contributed by atoms with E-state index in [-0.39, 0.29) is 12.3 Å². The number of hydrogen-bond donors (Lipinski definition) is 1. The third-order valence-electron chi connectivity index (χ3n) is 3.27. The first-order valence-electron chi connectivity index (χ1n) is 7.08. The van der Waals surface area contributed by atoms with E-state index in [0.29, 0.717) is 23.5 Å². The third kappa shape index (κ3) is 4.14. The van der Waals surface area contributed by atoms with Gasteiger partial charge in [-0.15, -0.1) is 0 Å². The van der Waals surface area contributed by atoms with Crippen LogP contribution in [0.2, 0.25) is 0 Å². The van der Waals surface area contributed by atoms with Gasteiger partial charge in [0, 0.05) is 13.0 Å². The number of nitrogens with zero attached hydrogens (tertiary/aromatic N) is 1. The van der Waals surface area contributed by atoms with Crippen molar-refractivity contribution in [2.45, 2.75) is 12.2 Å². The van der Waals surface area contributed by atoms with E-state index in [1.54, 1.807) is 0 Å². The second-order valence-electron chi connectivity index (χ2n) is 5.11. The van der Waals surface area contributed by atoms with Crippen LogP contribution in [0.25, 0.3) is 11.1 Å². The Bertz CT molecular complexity index is 871. The van der Waals surface area contributed by atoms with Gasteiger partial charge in [0.15, 0.2) is 11.5 Å². The van der Waals surface area contributed by atoms with Crippen LogP contribution in [-0.2, 0) is 22.2 Å². The van der Waals surface area contributed by atoms with Gasteiger partial charge in [0.25, 0.3) is 0 Å². The molecule has 0 saturated carbocycles. The quantitative estimate of drug-likeness (QED) is 0.752. The second-order valence-corrected chi connectivity index (χ2v) is 6.91. The summed E-state index contributed by atoms with van der Waals surface area (Å²) in [7, 11) is -3.49. The topological polar surface area (TPSA) is 72.2 Å². The molecule has 3 rings (SSSR count). The molecule has 1 N–H and O–H groups in total. The molecule has 0 bridgehead atoms. The molecule has 0 fully saturated rings. The minimum absolute atomic E-state index is 0.191. The molecule has 2 aromatic carbocycles. The molecule has 3 aromatic rings. The molecule has 0 spiro atoms. The Morgan fingerprint density at radius 3 is 2.57 bits per heavy atom. The fourth-order valence-corrected chi connectivity index (χ4v) is 3.34. The first-order valence-corrected chi connectivity index (χ1v) is 8.73. The highest BCUT2D eigenvalue weighted by atomic mass is 32.2. The minimum atomic E-state index is -3.49. The van der Waals surface area contributed by atoms with Crippen LogP contribution in [0.3, 0.4) is 0 Å². The molecular weight excluding hydrogens is 319 g/mol. The number of fused-ring (bicyclic) bond motifs is 1. The highest BCUT2D eigenvalue weighted by molar-refractivity contribution is 7.88. The Morgan fingerprint density at radius 2 is 1.83 bits per heavy atom. The summed E-state index contributed by atoms with van der Waals surface area (Å²) in [6, 6.07) is 12.7. The molecule has 0 saturated heterocycles. The van der Waals surface area contributed by atoms with E-state index in [9.17, 15) is 12.8 Å². The average Bonchev–Trinajstić information content (AvgIpc) is 2.92. The summed E-state index contributed by atoms with van der Waals surface area (Å²) in [5.41, 5.74) is 1.95. The summed E-state index contributed by atoms with van der Waals surface area (Å²) in [6.07, 6.45) is 0.358. The number of para-hydroxylation sites is 2. The maximum atomic E-state index is 12.8. The van der Waals surface area contributed by atoms with Gasteiger partial charge in [-0.2, -0.15) is 0 Å². The van der Waals surface area contributed by atoms with Crippen LogP contribution in [0.4, 0.5) is 4.39 Å². The molecule has 0 atom stereocenters. The lowest BCUT2D eigenvalue weighted by atomic mass is 10.2. The predicted molar refractivity (Wildman–Crippen MR) is 84.7 cm³/mol. The molecule has 5 nitrogen and oxygen atoms in total. The second kappa shape index (κ2) is 6.47. The van der Waals surface area contributed by atoms with Crippen LogP contribution in [0.5, 0.6) is 0 Å². The van der Waals surface area contributed by atoms with Gasteiger partial charge in [-0.3, -0.25) is 0 Å². The largest absolute Gasteiger partial charge is 0.441 e. The molecule has 1 aromatic heterocycles. The molecule has 23 heavy (non-hydrogen) atoms. The summed E-state index contributed by atoms with van der Waals surface area (Å²) in [5, 5.41) is 0. The lowest BCUT2D eigenvalue weighted by molar-refractivity contribution is 0.523. The molecule has 0 radical (unpaired) electrons. The minimum Gasteiger partial charge on any atom is -0.441 e. The fourth-order valence-electron chi connectivity index (χ4n) is 2.19. The van der Waals surface area contributed by atoms with E-state index in [4.69, 9.17) is 4.42 Å². The number of hydrogen-bond acceptors (Lipinski definition) is 4. The van der Waals surface area contributed by atoms with Gasteiger partial charge < -0.3 is 4.42 Å². The first kappa shape index (κ1) is 15.6. The van der Waals surface area contributed by atoms with Crippen LogP contribution in [0, 0.1) is 5.82 Å². The van der Waals surface area contributed by atoms with Crippen LogP contribution in [0.1, 0.15) is 11.5 Å². The normalized spacial score (nSPS) is 11.9.